The number of benzene rings is 1. The molecule has 1 N–H and O–H groups in total. The van der Waals surface area contributed by atoms with E-state index >= 15 is 0 Å². The SMILES string of the molecule is CC[C@@H](CNc1ccc(Cl)cn1)N(C)C(=O)c1cc(OC)c(C)cc1-n1nccn1. The van der Waals surface area contributed by atoms with Gasteiger partial charge in [0.15, 0.2) is 0 Å². The first kappa shape index (κ1) is 21.6. The molecule has 2 heterocycles. The Labute approximate surface area is 180 Å². The van der Waals surface area contributed by atoms with Gasteiger partial charge >= 0.3 is 0 Å². The average Bonchev–Trinajstić information content (AvgIpc) is 3.29. The first-order valence-electron chi connectivity index (χ1n) is 9.62. The van der Waals surface area contributed by atoms with Crippen LogP contribution in [0.2, 0.25) is 5.02 Å². The largest absolute Gasteiger partial charge is 0.496 e. The molecule has 3 aromatic rings. The summed E-state index contributed by atoms with van der Waals surface area (Å²) in [6.45, 7) is 4.50. The van der Waals surface area contributed by atoms with Crippen molar-refractivity contribution in [2.75, 3.05) is 26.0 Å². The quantitative estimate of drug-likeness (QED) is 0.590. The van der Waals surface area contributed by atoms with Crippen LogP contribution in [0.25, 0.3) is 5.69 Å². The van der Waals surface area contributed by atoms with Crippen molar-refractivity contribution in [3.05, 3.63) is 59.0 Å². The van der Waals surface area contributed by atoms with Crippen LogP contribution >= 0.6 is 11.6 Å². The highest BCUT2D eigenvalue weighted by Crippen LogP contribution is 2.26. The van der Waals surface area contributed by atoms with Crippen molar-refractivity contribution in [1.82, 2.24) is 24.9 Å². The van der Waals surface area contributed by atoms with E-state index in [-0.39, 0.29) is 11.9 Å². The molecule has 0 aliphatic carbocycles. The van der Waals surface area contributed by atoms with Crippen LogP contribution in [-0.2, 0) is 0 Å². The van der Waals surface area contributed by atoms with Gasteiger partial charge in [-0.3, -0.25) is 4.79 Å². The van der Waals surface area contributed by atoms with Crippen molar-refractivity contribution < 1.29 is 9.53 Å². The smallest absolute Gasteiger partial charge is 0.256 e. The number of nitrogens with zero attached hydrogens (tertiary/aromatic N) is 5. The molecular weight excluding hydrogens is 404 g/mol. The molecule has 0 spiro atoms. The molecule has 158 valence electrons. The molecular formula is C21H25ClN6O2. The average molecular weight is 429 g/mol. The number of aromatic nitrogens is 4. The van der Waals surface area contributed by atoms with Crippen LogP contribution in [0.5, 0.6) is 5.75 Å². The van der Waals surface area contributed by atoms with Crippen molar-refractivity contribution in [2.24, 2.45) is 0 Å². The molecule has 1 atom stereocenters. The molecule has 1 amide bonds. The van der Waals surface area contributed by atoms with Crippen LogP contribution in [0.3, 0.4) is 0 Å². The van der Waals surface area contributed by atoms with E-state index < -0.39 is 0 Å². The molecule has 0 saturated heterocycles. The fourth-order valence-electron chi connectivity index (χ4n) is 3.18. The molecule has 0 unspecified atom stereocenters. The summed E-state index contributed by atoms with van der Waals surface area (Å²) < 4.78 is 5.44. The third kappa shape index (κ3) is 4.71. The van der Waals surface area contributed by atoms with Crippen molar-refractivity contribution in [3.63, 3.8) is 0 Å². The van der Waals surface area contributed by atoms with Crippen LogP contribution < -0.4 is 10.1 Å². The number of carbonyl (C=O) groups excluding carboxylic acids is 1. The number of pyridine rings is 1. The number of aryl methyl sites for hydroxylation is 1. The minimum atomic E-state index is -0.140. The Morgan fingerprint density at radius 2 is 2.03 bits per heavy atom. The van der Waals surface area contributed by atoms with E-state index in [0.717, 1.165) is 12.0 Å². The number of anilines is 1. The number of rotatable bonds is 8. The lowest BCUT2D eigenvalue weighted by Crippen LogP contribution is -2.41. The standard InChI is InChI=1S/C21H25ClN6O2/c1-5-16(13-24-20-7-6-15(22)12-23-20)27(3)21(29)17-11-19(30-4)14(2)10-18(17)28-25-8-9-26-28/h6-12,16H,5,13H2,1-4H3,(H,23,24)/t16-/m0/s1. The zero-order chi connectivity index (χ0) is 21.7. The number of hydrogen-bond donors (Lipinski definition) is 1. The van der Waals surface area contributed by atoms with Crippen molar-refractivity contribution in [1.29, 1.82) is 0 Å². The second-order valence-electron chi connectivity index (χ2n) is 6.88. The number of nitrogens with one attached hydrogen (secondary N) is 1. The maximum absolute atomic E-state index is 13.4. The highest BCUT2D eigenvalue weighted by Gasteiger charge is 2.24. The van der Waals surface area contributed by atoms with Gasteiger partial charge in [0, 0.05) is 25.8 Å². The van der Waals surface area contributed by atoms with Gasteiger partial charge in [-0.15, -0.1) is 0 Å². The lowest BCUT2D eigenvalue weighted by atomic mass is 10.1. The van der Waals surface area contributed by atoms with Crippen LogP contribution in [-0.4, -0.2) is 57.5 Å². The van der Waals surface area contributed by atoms with Gasteiger partial charge in [0.25, 0.3) is 5.91 Å². The van der Waals surface area contributed by atoms with E-state index in [4.69, 9.17) is 16.3 Å². The summed E-state index contributed by atoms with van der Waals surface area (Å²) in [5, 5.41) is 12.2. The Bertz CT molecular complexity index is 991. The number of hydrogen-bond acceptors (Lipinski definition) is 6. The maximum Gasteiger partial charge on any atom is 0.256 e. The molecule has 2 aromatic heterocycles. The van der Waals surface area contributed by atoms with Crippen LogP contribution in [0.1, 0.15) is 29.3 Å². The van der Waals surface area contributed by atoms with E-state index in [2.05, 4.69) is 20.5 Å². The molecule has 3 rings (SSSR count). The van der Waals surface area contributed by atoms with Crippen LogP contribution in [0.4, 0.5) is 5.82 Å². The molecule has 0 saturated carbocycles. The number of amides is 1. The summed E-state index contributed by atoms with van der Waals surface area (Å²) in [6.07, 6.45) is 5.51. The fraction of sp³-hybridized carbons (Fsp3) is 0.333. The minimum absolute atomic E-state index is 0.0549. The van der Waals surface area contributed by atoms with Gasteiger partial charge in [0.1, 0.15) is 11.6 Å². The Morgan fingerprint density at radius 1 is 1.30 bits per heavy atom. The fourth-order valence-corrected chi connectivity index (χ4v) is 3.30. The number of likely N-dealkylation sites (N-methyl/N-ethyl adjacent to an activating group) is 1. The van der Waals surface area contributed by atoms with Crippen molar-refractivity contribution in [2.45, 2.75) is 26.3 Å². The normalized spacial score (nSPS) is 11.8. The topological polar surface area (TPSA) is 85.2 Å². The predicted octanol–water partition coefficient (Wildman–Crippen LogP) is 3.60. The number of ether oxygens (including phenoxy) is 1. The first-order chi connectivity index (χ1) is 14.4. The molecule has 8 nitrogen and oxygen atoms in total. The number of carbonyl (C=O) groups is 1. The van der Waals surface area contributed by atoms with Crippen LogP contribution in [0, 0.1) is 6.92 Å². The molecule has 0 aliphatic heterocycles. The summed E-state index contributed by atoms with van der Waals surface area (Å²) in [7, 11) is 3.38. The molecule has 0 bridgehead atoms. The second kappa shape index (κ2) is 9.58. The number of methoxy groups -OCH3 is 1. The van der Waals surface area contributed by atoms with Gasteiger partial charge in [0.2, 0.25) is 0 Å². The zero-order valence-corrected chi connectivity index (χ0v) is 18.2. The third-order valence-corrected chi connectivity index (χ3v) is 5.19. The van der Waals surface area contributed by atoms with E-state index in [1.165, 1.54) is 4.80 Å². The Hall–Kier alpha value is -3.13. The van der Waals surface area contributed by atoms with Gasteiger partial charge in [-0.05, 0) is 43.2 Å². The minimum Gasteiger partial charge on any atom is -0.496 e. The van der Waals surface area contributed by atoms with E-state index in [1.807, 2.05) is 26.0 Å². The van der Waals surface area contributed by atoms with Gasteiger partial charge in [-0.25, -0.2) is 4.98 Å². The molecule has 30 heavy (non-hydrogen) atoms. The zero-order valence-electron chi connectivity index (χ0n) is 17.5. The number of halogens is 1. The summed E-state index contributed by atoms with van der Waals surface area (Å²) in [5.41, 5.74) is 1.98. The van der Waals surface area contributed by atoms with Gasteiger partial charge < -0.3 is 15.0 Å². The second-order valence-corrected chi connectivity index (χ2v) is 7.31. The Kier molecular flexibility index (Phi) is 6.89. The van der Waals surface area contributed by atoms with E-state index in [1.54, 1.807) is 49.8 Å². The summed E-state index contributed by atoms with van der Waals surface area (Å²) in [4.78, 5) is 20.9. The van der Waals surface area contributed by atoms with Crippen molar-refractivity contribution >= 4 is 23.3 Å². The highest BCUT2D eigenvalue weighted by atomic mass is 35.5. The monoisotopic (exact) mass is 428 g/mol. The summed E-state index contributed by atoms with van der Waals surface area (Å²) in [5.74, 6) is 1.20. The van der Waals surface area contributed by atoms with Crippen LogP contribution in [0.15, 0.2) is 42.9 Å². The lowest BCUT2D eigenvalue weighted by Gasteiger charge is -2.28. The first-order valence-corrected chi connectivity index (χ1v) is 10.00. The molecule has 0 radical (unpaired) electrons. The summed E-state index contributed by atoms with van der Waals surface area (Å²) in [6, 6.07) is 7.13. The van der Waals surface area contributed by atoms with Gasteiger partial charge in [-0.2, -0.15) is 15.0 Å². The Balaban J connectivity index is 1.85. The molecule has 1 aromatic carbocycles. The molecule has 0 aliphatic rings. The van der Waals surface area contributed by atoms with Gasteiger partial charge in [0.05, 0.1) is 35.8 Å². The highest BCUT2D eigenvalue weighted by molar-refractivity contribution is 6.30. The third-order valence-electron chi connectivity index (χ3n) is 4.96. The summed E-state index contributed by atoms with van der Waals surface area (Å²) >= 11 is 5.89. The molecule has 9 heteroatoms. The van der Waals surface area contributed by atoms with Crippen molar-refractivity contribution in [3.8, 4) is 11.4 Å². The maximum atomic E-state index is 13.4. The van der Waals surface area contributed by atoms with Gasteiger partial charge in [-0.1, -0.05) is 18.5 Å². The lowest BCUT2D eigenvalue weighted by molar-refractivity contribution is 0.0735. The predicted molar refractivity (Wildman–Crippen MR) is 117 cm³/mol. The molecule has 0 fully saturated rings. The van der Waals surface area contributed by atoms with E-state index in [0.29, 0.717) is 34.4 Å². The Morgan fingerprint density at radius 3 is 2.63 bits per heavy atom. The van der Waals surface area contributed by atoms with E-state index in [9.17, 15) is 4.79 Å².